The molecule has 0 bridgehead atoms. The third-order valence-electron chi connectivity index (χ3n) is 2.37. The standard InChI is InChI=1S/C12H10BrNOS/c1-7-3-2-4-8(11(7)14)12(15)9-5-6-10(13)16-9/h2-6H,14H2,1H3. The first-order valence-electron chi connectivity index (χ1n) is 4.74. The van der Waals surface area contributed by atoms with Gasteiger partial charge >= 0.3 is 0 Å². The van der Waals surface area contributed by atoms with Crippen LogP contribution in [0.15, 0.2) is 34.1 Å². The van der Waals surface area contributed by atoms with Crippen LogP contribution in [-0.2, 0) is 0 Å². The molecule has 0 saturated carbocycles. The van der Waals surface area contributed by atoms with E-state index in [2.05, 4.69) is 15.9 Å². The second-order valence-corrected chi connectivity index (χ2v) is 5.93. The normalized spacial score (nSPS) is 10.4. The van der Waals surface area contributed by atoms with Crippen LogP contribution in [-0.4, -0.2) is 5.78 Å². The lowest BCUT2D eigenvalue weighted by Crippen LogP contribution is -2.04. The number of hydrogen-bond donors (Lipinski definition) is 1. The number of rotatable bonds is 2. The van der Waals surface area contributed by atoms with Crippen molar-refractivity contribution in [2.24, 2.45) is 0 Å². The Morgan fingerprint density at radius 2 is 2.06 bits per heavy atom. The molecule has 0 aliphatic heterocycles. The zero-order valence-electron chi connectivity index (χ0n) is 8.66. The number of carbonyl (C=O) groups excluding carboxylic acids is 1. The SMILES string of the molecule is Cc1cccc(C(=O)c2ccc(Br)s2)c1N. The first kappa shape index (κ1) is 11.4. The smallest absolute Gasteiger partial charge is 0.205 e. The number of nitrogens with two attached hydrogens (primary N) is 1. The number of aryl methyl sites for hydroxylation is 1. The van der Waals surface area contributed by atoms with Crippen molar-refractivity contribution in [2.75, 3.05) is 5.73 Å². The summed E-state index contributed by atoms with van der Waals surface area (Å²) >= 11 is 4.76. The average Bonchev–Trinajstić information content (AvgIpc) is 2.68. The van der Waals surface area contributed by atoms with Crippen molar-refractivity contribution in [3.63, 3.8) is 0 Å². The summed E-state index contributed by atoms with van der Waals surface area (Å²) in [7, 11) is 0. The Balaban J connectivity index is 2.45. The van der Waals surface area contributed by atoms with E-state index in [1.807, 2.05) is 25.1 Å². The van der Waals surface area contributed by atoms with Gasteiger partial charge in [-0.3, -0.25) is 4.79 Å². The van der Waals surface area contributed by atoms with E-state index in [-0.39, 0.29) is 5.78 Å². The third-order valence-corrected chi connectivity index (χ3v) is 3.99. The molecule has 0 amide bonds. The molecule has 0 aliphatic carbocycles. The van der Waals surface area contributed by atoms with E-state index in [1.54, 1.807) is 12.1 Å². The van der Waals surface area contributed by atoms with Crippen LogP contribution in [0.3, 0.4) is 0 Å². The summed E-state index contributed by atoms with van der Waals surface area (Å²) in [5, 5.41) is 0. The molecule has 0 unspecified atom stereocenters. The van der Waals surface area contributed by atoms with Crippen molar-refractivity contribution >= 4 is 38.7 Å². The summed E-state index contributed by atoms with van der Waals surface area (Å²) in [4.78, 5) is 12.8. The minimum atomic E-state index is -0.0168. The lowest BCUT2D eigenvalue weighted by molar-refractivity contribution is 0.104. The molecule has 1 aromatic carbocycles. The Morgan fingerprint density at radius 1 is 1.31 bits per heavy atom. The van der Waals surface area contributed by atoms with Gasteiger partial charge in [-0.25, -0.2) is 0 Å². The number of ketones is 1. The molecule has 0 aliphatic rings. The van der Waals surface area contributed by atoms with Gasteiger partial charge in [0, 0.05) is 11.3 Å². The predicted octanol–water partition coefficient (Wildman–Crippen LogP) is 3.63. The van der Waals surface area contributed by atoms with Crippen molar-refractivity contribution in [3.05, 3.63) is 50.1 Å². The van der Waals surface area contributed by atoms with Gasteiger partial charge in [-0.1, -0.05) is 12.1 Å². The maximum Gasteiger partial charge on any atom is 0.205 e. The monoisotopic (exact) mass is 295 g/mol. The highest BCUT2D eigenvalue weighted by molar-refractivity contribution is 9.11. The number of hydrogen-bond acceptors (Lipinski definition) is 3. The molecule has 2 aromatic rings. The molecule has 0 fully saturated rings. The molecular weight excluding hydrogens is 286 g/mol. The summed E-state index contributed by atoms with van der Waals surface area (Å²) in [6, 6.07) is 9.18. The third kappa shape index (κ3) is 2.03. The minimum Gasteiger partial charge on any atom is -0.398 e. The van der Waals surface area contributed by atoms with Crippen molar-refractivity contribution in [3.8, 4) is 0 Å². The van der Waals surface area contributed by atoms with E-state index in [0.29, 0.717) is 16.1 Å². The van der Waals surface area contributed by atoms with Crippen LogP contribution < -0.4 is 5.73 Å². The van der Waals surface area contributed by atoms with Gasteiger partial charge in [-0.2, -0.15) is 0 Å². The second-order valence-electron chi connectivity index (χ2n) is 3.47. The molecular formula is C12H10BrNOS. The van der Waals surface area contributed by atoms with Gasteiger partial charge < -0.3 is 5.73 Å². The zero-order valence-corrected chi connectivity index (χ0v) is 11.1. The number of halogens is 1. The number of anilines is 1. The highest BCUT2D eigenvalue weighted by Gasteiger charge is 2.14. The van der Waals surface area contributed by atoms with Crippen LogP contribution in [0.25, 0.3) is 0 Å². The summed E-state index contributed by atoms with van der Waals surface area (Å²) in [6.45, 7) is 1.90. The van der Waals surface area contributed by atoms with Crippen LogP contribution in [0.4, 0.5) is 5.69 Å². The Kier molecular flexibility index (Phi) is 3.12. The highest BCUT2D eigenvalue weighted by Crippen LogP contribution is 2.27. The Hall–Kier alpha value is -1.13. The zero-order chi connectivity index (χ0) is 11.7. The number of benzene rings is 1. The number of nitrogen functional groups attached to an aromatic ring is 1. The van der Waals surface area contributed by atoms with Crippen LogP contribution in [0, 0.1) is 6.92 Å². The van der Waals surface area contributed by atoms with E-state index < -0.39 is 0 Å². The molecule has 0 saturated heterocycles. The van der Waals surface area contributed by atoms with Gasteiger partial charge in [-0.05, 0) is 46.6 Å². The first-order valence-corrected chi connectivity index (χ1v) is 6.35. The van der Waals surface area contributed by atoms with E-state index >= 15 is 0 Å². The molecule has 16 heavy (non-hydrogen) atoms. The van der Waals surface area contributed by atoms with E-state index in [1.165, 1.54) is 11.3 Å². The molecule has 4 heteroatoms. The minimum absolute atomic E-state index is 0.0168. The van der Waals surface area contributed by atoms with Gasteiger partial charge in [0.05, 0.1) is 8.66 Å². The number of carbonyl (C=O) groups is 1. The molecule has 0 atom stereocenters. The van der Waals surface area contributed by atoms with Gasteiger partial charge in [0.25, 0.3) is 0 Å². The van der Waals surface area contributed by atoms with Crippen molar-refractivity contribution in [2.45, 2.75) is 6.92 Å². The first-order chi connectivity index (χ1) is 7.59. The summed E-state index contributed by atoms with van der Waals surface area (Å²) in [5.74, 6) is -0.0168. The van der Waals surface area contributed by atoms with Crippen molar-refractivity contribution < 1.29 is 4.79 Å². The fraction of sp³-hybridized carbons (Fsp3) is 0.0833. The maximum atomic E-state index is 12.1. The van der Waals surface area contributed by atoms with E-state index in [9.17, 15) is 4.79 Å². The Labute approximate surface area is 106 Å². The summed E-state index contributed by atoms with van der Waals surface area (Å²) < 4.78 is 0.946. The summed E-state index contributed by atoms with van der Waals surface area (Å²) in [5.41, 5.74) is 7.98. The van der Waals surface area contributed by atoms with Crippen molar-refractivity contribution in [1.82, 2.24) is 0 Å². The average molecular weight is 296 g/mol. The lowest BCUT2D eigenvalue weighted by atomic mass is 10.0. The predicted molar refractivity (Wildman–Crippen MR) is 71.0 cm³/mol. The quantitative estimate of drug-likeness (QED) is 0.679. The lowest BCUT2D eigenvalue weighted by Gasteiger charge is -2.05. The van der Waals surface area contributed by atoms with Gasteiger partial charge in [0.15, 0.2) is 0 Å². The largest absolute Gasteiger partial charge is 0.398 e. The summed E-state index contributed by atoms with van der Waals surface area (Å²) in [6.07, 6.45) is 0. The van der Waals surface area contributed by atoms with Crippen LogP contribution in [0.1, 0.15) is 20.8 Å². The Morgan fingerprint density at radius 3 is 2.69 bits per heavy atom. The Bertz CT molecular complexity index is 548. The maximum absolute atomic E-state index is 12.1. The molecule has 82 valence electrons. The fourth-order valence-corrected chi connectivity index (χ4v) is 2.79. The molecule has 2 N–H and O–H groups in total. The second kappa shape index (κ2) is 4.39. The van der Waals surface area contributed by atoms with Crippen LogP contribution >= 0.6 is 27.3 Å². The van der Waals surface area contributed by atoms with E-state index in [0.717, 1.165) is 9.35 Å². The number of thiophene rings is 1. The topological polar surface area (TPSA) is 43.1 Å². The van der Waals surface area contributed by atoms with Gasteiger partial charge in [0.2, 0.25) is 5.78 Å². The highest BCUT2D eigenvalue weighted by atomic mass is 79.9. The fourth-order valence-electron chi connectivity index (χ4n) is 1.45. The molecule has 1 aromatic heterocycles. The molecule has 2 nitrogen and oxygen atoms in total. The van der Waals surface area contributed by atoms with Gasteiger partial charge in [0.1, 0.15) is 0 Å². The van der Waals surface area contributed by atoms with Crippen molar-refractivity contribution in [1.29, 1.82) is 0 Å². The van der Waals surface area contributed by atoms with E-state index in [4.69, 9.17) is 5.73 Å². The molecule has 0 radical (unpaired) electrons. The molecule has 0 spiro atoms. The van der Waals surface area contributed by atoms with Gasteiger partial charge in [-0.15, -0.1) is 11.3 Å². The molecule has 1 heterocycles. The van der Waals surface area contributed by atoms with Crippen LogP contribution in [0.5, 0.6) is 0 Å². The van der Waals surface area contributed by atoms with Crippen LogP contribution in [0.2, 0.25) is 0 Å². The number of para-hydroxylation sites is 1. The molecule has 2 rings (SSSR count).